The topological polar surface area (TPSA) is 66.5 Å². The Bertz CT molecular complexity index is 745. The fraction of sp³-hybridized carbons (Fsp3) is 0.632. The van der Waals surface area contributed by atoms with Crippen molar-refractivity contribution in [3.05, 3.63) is 29.3 Å². The van der Waals surface area contributed by atoms with Crippen LogP contribution in [-0.4, -0.2) is 49.4 Å². The van der Waals surface area contributed by atoms with Gasteiger partial charge in [-0.1, -0.05) is 12.1 Å². The number of hydrogen-bond donors (Lipinski definition) is 1. The maximum absolute atomic E-state index is 12.9. The molecule has 2 atom stereocenters. The highest BCUT2D eigenvalue weighted by atomic mass is 32.2. The maximum Gasteiger partial charge on any atom is 0.245 e. The molecule has 1 amide bonds. The van der Waals surface area contributed by atoms with Gasteiger partial charge in [-0.25, -0.2) is 8.42 Å². The van der Waals surface area contributed by atoms with Gasteiger partial charge in [0.05, 0.1) is 11.5 Å². The predicted octanol–water partition coefficient (Wildman–Crippen LogP) is 2.40. The van der Waals surface area contributed by atoms with Crippen molar-refractivity contribution in [1.82, 2.24) is 4.90 Å². The number of hydrogen-bond acceptors (Lipinski definition) is 4. The lowest BCUT2D eigenvalue weighted by atomic mass is 9.90. The molecule has 0 bridgehead atoms. The van der Waals surface area contributed by atoms with Gasteiger partial charge in [0.15, 0.2) is 9.84 Å². The molecule has 1 saturated heterocycles. The minimum absolute atomic E-state index is 0.0157. The lowest BCUT2D eigenvalue weighted by molar-refractivity contribution is -0.133. The van der Waals surface area contributed by atoms with Crippen molar-refractivity contribution in [3.63, 3.8) is 0 Å². The third-order valence-corrected chi connectivity index (χ3v) is 7.16. The summed E-state index contributed by atoms with van der Waals surface area (Å²) in [6, 6.07) is 5.72. The SMILES string of the molecule is CCN(C(=O)C(C)Nc1cccc2c1CCCC2)C1CCS(=O)(=O)C1. The van der Waals surface area contributed by atoms with E-state index in [1.807, 2.05) is 26.0 Å². The molecule has 1 aliphatic carbocycles. The maximum atomic E-state index is 12.9. The Morgan fingerprint density at radius 3 is 2.76 bits per heavy atom. The van der Waals surface area contributed by atoms with Gasteiger partial charge in [-0.3, -0.25) is 4.79 Å². The van der Waals surface area contributed by atoms with E-state index in [4.69, 9.17) is 0 Å². The van der Waals surface area contributed by atoms with E-state index in [-0.39, 0.29) is 29.5 Å². The first-order valence-corrected chi connectivity index (χ1v) is 11.1. The summed E-state index contributed by atoms with van der Waals surface area (Å²) < 4.78 is 23.5. The molecular formula is C19H28N2O3S. The highest BCUT2D eigenvalue weighted by Crippen LogP contribution is 2.28. The molecule has 1 aliphatic heterocycles. The van der Waals surface area contributed by atoms with Crippen LogP contribution in [0.15, 0.2) is 18.2 Å². The molecule has 5 nitrogen and oxygen atoms in total. The summed E-state index contributed by atoms with van der Waals surface area (Å²) >= 11 is 0. The average molecular weight is 365 g/mol. The molecule has 1 N–H and O–H groups in total. The van der Waals surface area contributed by atoms with E-state index in [0.29, 0.717) is 13.0 Å². The number of carbonyl (C=O) groups excluding carboxylic acids is 1. The van der Waals surface area contributed by atoms with Gasteiger partial charge in [0.1, 0.15) is 6.04 Å². The molecule has 0 spiro atoms. The van der Waals surface area contributed by atoms with Crippen molar-refractivity contribution in [3.8, 4) is 0 Å². The number of sulfone groups is 1. The summed E-state index contributed by atoms with van der Waals surface area (Å²) in [6.45, 7) is 4.33. The molecule has 25 heavy (non-hydrogen) atoms. The quantitative estimate of drug-likeness (QED) is 0.871. The number of aryl methyl sites for hydroxylation is 1. The second kappa shape index (κ2) is 7.36. The molecule has 1 fully saturated rings. The molecule has 0 radical (unpaired) electrons. The number of anilines is 1. The summed E-state index contributed by atoms with van der Waals surface area (Å²) in [6.07, 6.45) is 5.13. The number of likely N-dealkylation sites (N-methyl/N-ethyl adjacent to an activating group) is 1. The second-order valence-corrected chi connectivity index (χ2v) is 9.43. The minimum atomic E-state index is -3.00. The lowest BCUT2D eigenvalue weighted by Gasteiger charge is -2.31. The molecule has 0 saturated carbocycles. The number of nitrogens with one attached hydrogen (secondary N) is 1. The van der Waals surface area contributed by atoms with Crippen molar-refractivity contribution in [2.75, 3.05) is 23.4 Å². The monoisotopic (exact) mass is 364 g/mol. The van der Waals surface area contributed by atoms with Crippen molar-refractivity contribution in [1.29, 1.82) is 0 Å². The molecule has 2 aliphatic rings. The van der Waals surface area contributed by atoms with Crippen LogP contribution in [0.2, 0.25) is 0 Å². The Morgan fingerprint density at radius 2 is 2.08 bits per heavy atom. The van der Waals surface area contributed by atoms with Crippen molar-refractivity contribution in [2.24, 2.45) is 0 Å². The molecule has 2 unspecified atom stereocenters. The van der Waals surface area contributed by atoms with E-state index in [2.05, 4.69) is 11.4 Å². The van der Waals surface area contributed by atoms with Gasteiger partial charge in [0.25, 0.3) is 0 Å². The predicted molar refractivity (Wildman–Crippen MR) is 101 cm³/mol. The van der Waals surface area contributed by atoms with Crippen LogP contribution in [0.25, 0.3) is 0 Å². The zero-order valence-electron chi connectivity index (χ0n) is 15.1. The standard InChI is InChI=1S/C19H28N2O3S/c1-3-21(16-11-12-25(23,24)13-16)19(22)14(2)20-18-10-6-8-15-7-4-5-9-17(15)18/h6,8,10,14,16,20H,3-5,7,9,11-13H2,1-2H3. The lowest BCUT2D eigenvalue weighted by Crippen LogP contribution is -2.47. The molecule has 3 rings (SSSR count). The van der Waals surface area contributed by atoms with E-state index in [0.717, 1.165) is 18.5 Å². The Labute approximate surface area is 150 Å². The van der Waals surface area contributed by atoms with Crippen LogP contribution in [0.3, 0.4) is 0 Å². The summed E-state index contributed by atoms with van der Waals surface area (Å²) in [5, 5.41) is 3.39. The van der Waals surface area contributed by atoms with Crippen molar-refractivity contribution >= 4 is 21.4 Å². The Kier molecular flexibility index (Phi) is 5.37. The Balaban J connectivity index is 1.72. The molecule has 0 aromatic heterocycles. The van der Waals surface area contributed by atoms with Crippen LogP contribution < -0.4 is 5.32 Å². The van der Waals surface area contributed by atoms with Gasteiger partial charge in [-0.15, -0.1) is 0 Å². The molecular weight excluding hydrogens is 336 g/mol. The van der Waals surface area contributed by atoms with Crippen molar-refractivity contribution < 1.29 is 13.2 Å². The first-order valence-electron chi connectivity index (χ1n) is 9.29. The van der Waals surface area contributed by atoms with E-state index in [9.17, 15) is 13.2 Å². The van der Waals surface area contributed by atoms with Crippen molar-refractivity contribution in [2.45, 2.75) is 58.0 Å². The van der Waals surface area contributed by atoms with Gasteiger partial charge in [0, 0.05) is 18.3 Å². The third-order valence-electron chi connectivity index (χ3n) is 5.41. The fourth-order valence-corrected chi connectivity index (χ4v) is 5.81. The van der Waals surface area contributed by atoms with Gasteiger partial charge >= 0.3 is 0 Å². The smallest absolute Gasteiger partial charge is 0.245 e. The van der Waals surface area contributed by atoms with Gasteiger partial charge in [-0.05, 0) is 63.1 Å². The molecule has 6 heteroatoms. The molecule has 1 heterocycles. The van der Waals surface area contributed by atoms with Crippen LogP contribution in [0.4, 0.5) is 5.69 Å². The summed E-state index contributed by atoms with van der Waals surface area (Å²) in [4.78, 5) is 14.6. The average Bonchev–Trinajstić information content (AvgIpc) is 2.95. The summed E-state index contributed by atoms with van der Waals surface area (Å²) in [5.74, 6) is 0.271. The minimum Gasteiger partial charge on any atom is -0.374 e. The zero-order chi connectivity index (χ0) is 18.0. The number of rotatable bonds is 5. The first kappa shape index (κ1) is 18.2. The zero-order valence-corrected chi connectivity index (χ0v) is 15.9. The van der Waals surface area contributed by atoms with E-state index >= 15 is 0 Å². The number of amides is 1. The third kappa shape index (κ3) is 4.00. The van der Waals surface area contributed by atoms with E-state index < -0.39 is 9.84 Å². The molecule has 138 valence electrons. The van der Waals surface area contributed by atoms with Crippen LogP contribution in [-0.2, 0) is 27.5 Å². The van der Waals surface area contributed by atoms with Gasteiger partial charge in [0.2, 0.25) is 5.91 Å². The van der Waals surface area contributed by atoms with Crippen LogP contribution in [0, 0.1) is 0 Å². The largest absolute Gasteiger partial charge is 0.374 e. The summed E-state index contributed by atoms with van der Waals surface area (Å²) in [7, 11) is -3.00. The molecule has 1 aromatic rings. The van der Waals surface area contributed by atoms with Gasteiger partial charge < -0.3 is 10.2 Å². The summed E-state index contributed by atoms with van der Waals surface area (Å²) in [5.41, 5.74) is 3.76. The van der Waals surface area contributed by atoms with Crippen LogP contribution in [0.1, 0.15) is 44.2 Å². The Morgan fingerprint density at radius 1 is 1.32 bits per heavy atom. The van der Waals surface area contributed by atoms with Crippen LogP contribution in [0.5, 0.6) is 0 Å². The van der Waals surface area contributed by atoms with E-state index in [1.54, 1.807) is 4.90 Å². The first-order chi connectivity index (χ1) is 11.9. The van der Waals surface area contributed by atoms with Gasteiger partial charge in [-0.2, -0.15) is 0 Å². The van der Waals surface area contributed by atoms with E-state index in [1.165, 1.54) is 24.0 Å². The normalized spacial score (nSPS) is 22.9. The number of benzene rings is 1. The number of carbonyl (C=O) groups is 1. The highest BCUT2D eigenvalue weighted by molar-refractivity contribution is 7.91. The number of fused-ring (bicyclic) bond motifs is 1. The highest BCUT2D eigenvalue weighted by Gasteiger charge is 2.35. The molecule has 1 aromatic carbocycles. The fourth-order valence-electron chi connectivity index (χ4n) is 4.08. The second-order valence-electron chi connectivity index (χ2n) is 7.20. The Hall–Kier alpha value is -1.56. The van der Waals surface area contributed by atoms with Crippen LogP contribution >= 0.6 is 0 Å². The number of nitrogens with zero attached hydrogens (tertiary/aromatic N) is 1.